The zero-order valence-corrected chi connectivity index (χ0v) is 28.5. The lowest BCUT2D eigenvalue weighted by Gasteiger charge is -2.33. The van der Waals surface area contributed by atoms with E-state index in [-0.39, 0.29) is 5.41 Å². The first-order valence-electron chi connectivity index (χ1n) is 17.2. The van der Waals surface area contributed by atoms with Crippen LogP contribution in [-0.4, -0.2) is 9.38 Å². The van der Waals surface area contributed by atoms with Crippen LogP contribution in [0.1, 0.15) is 30.9 Å². The molecule has 2 nitrogen and oxygen atoms in total. The Kier molecular flexibility index (Phi) is 6.36. The third-order valence-corrected chi connectivity index (χ3v) is 13.5. The van der Waals surface area contributed by atoms with Gasteiger partial charge in [-0.15, -0.1) is 0 Å². The smallest absolute Gasteiger partial charge is 0.146 e. The highest BCUT2D eigenvalue weighted by atomic mass is 31.1. The molecule has 0 amide bonds. The number of para-hydroxylation sites is 3. The molecule has 0 fully saturated rings. The minimum atomic E-state index is -0.639. The fraction of sp³-hybridized carbons (Fsp3) is 0.109. The van der Waals surface area contributed by atoms with Crippen LogP contribution in [0.25, 0.3) is 49.5 Å². The molecule has 2 aliphatic rings. The van der Waals surface area contributed by atoms with Crippen LogP contribution in [0.2, 0.25) is 0 Å². The van der Waals surface area contributed by atoms with E-state index < -0.39 is 7.92 Å². The van der Waals surface area contributed by atoms with E-state index in [4.69, 9.17) is 4.98 Å². The molecule has 0 saturated heterocycles. The van der Waals surface area contributed by atoms with Crippen molar-refractivity contribution in [3.8, 4) is 11.1 Å². The highest BCUT2D eigenvalue weighted by molar-refractivity contribution is 7.77. The molecule has 49 heavy (non-hydrogen) atoms. The van der Waals surface area contributed by atoms with E-state index in [0.717, 1.165) is 16.7 Å². The minimum absolute atomic E-state index is 0.0124. The van der Waals surface area contributed by atoms with Crippen molar-refractivity contribution in [3.63, 3.8) is 0 Å². The van der Waals surface area contributed by atoms with Crippen molar-refractivity contribution in [2.75, 3.05) is 0 Å². The van der Waals surface area contributed by atoms with E-state index in [1.807, 2.05) is 0 Å². The summed E-state index contributed by atoms with van der Waals surface area (Å²) >= 11 is 0. The number of benzene rings is 6. The number of nitrogens with zero attached hydrogens (tertiary/aromatic N) is 2. The van der Waals surface area contributed by atoms with Gasteiger partial charge in [0.25, 0.3) is 0 Å². The van der Waals surface area contributed by atoms with Gasteiger partial charge in [0.2, 0.25) is 0 Å². The standard InChI is InChI=1S/C46H35N2P/c1-46(2)40-28-31(30-21-24-35-38-17-9-11-19-43(38)48-44-20-12-10-18-42(44)47-45(48)39(35)27-30)22-25-36(40)37-26-23-34(29-41(37)46)49(32-13-5-3-6-14-32)33-15-7-4-8-16-33/h3-29,37,41H,1-2H3. The van der Waals surface area contributed by atoms with Crippen LogP contribution in [0.4, 0.5) is 0 Å². The molecular formula is C46H35N2P. The molecule has 2 unspecified atom stereocenters. The second-order valence-corrected chi connectivity index (χ2v) is 16.3. The Balaban J connectivity index is 1.09. The SMILES string of the molecule is CC1(C)c2cc(-c3ccc4c5ccccc5n5c6ccccc6nc5c4c3)ccc2C2C=CC(P(c3ccccc3)c3ccccc3)=CC21. The van der Waals surface area contributed by atoms with Crippen LogP contribution in [-0.2, 0) is 5.41 Å². The molecule has 2 aromatic heterocycles. The zero-order chi connectivity index (χ0) is 32.7. The Bertz CT molecular complexity index is 2610. The van der Waals surface area contributed by atoms with Gasteiger partial charge in [-0.25, -0.2) is 4.98 Å². The van der Waals surface area contributed by atoms with E-state index in [1.54, 1.807) is 0 Å². The molecule has 234 valence electrons. The quantitative estimate of drug-likeness (QED) is 0.137. The van der Waals surface area contributed by atoms with Crippen LogP contribution < -0.4 is 10.6 Å². The summed E-state index contributed by atoms with van der Waals surface area (Å²) in [4.78, 5) is 5.17. The summed E-state index contributed by atoms with van der Waals surface area (Å²) in [5, 5.41) is 7.93. The molecule has 0 saturated carbocycles. The second kappa shape index (κ2) is 10.9. The highest BCUT2D eigenvalue weighted by Gasteiger charge is 2.45. The maximum absolute atomic E-state index is 5.17. The second-order valence-electron chi connectivity index (χ2n) is 14.1. The first-order valence-corrected chi connectivity index (χ1v) is 18.6. The van der Waals surface area contributed by atoms with Gasteiger partial charge in [-0.2, -0.15) is 0 Å². The molecule has 6 aromatic carbocycles. The summed E-state index contributed by atoms with van der Waals surface area (Å²) in [6.07, 6.45) is 7.55. The monoisotopic (exact) mass is 646 g/mol. The lowest BCUT2D eigenvalue weighted by Crippen LogP contribution is -2.26. The van der Waals surface area contributed by atoms with E-state index in [0.29, 0.717) is 11.8 Å². The molecular weight excluding hydrogens is 611 g/mol. The zero-order valence-electron chi connectivity index (χ0n) is 27.6. The third kappa shape index (κ3) is 4.34. The van der Waals surface area contributed by atoms with E-state index in [1.165, 1.54) is 59.9 Å². The van der Waals surface area contributed by atoms with E-state index >= 15 is 0 Å². The molecule has 2 aliphatic carbocycles. The van der Waals surface area contributed by atoms with Gasteiger partial charge >= 0.3 is 0 Å². The summed E-state index contributed by atoms with van der Waals surface area (Å²) in [5.74, 6) is 0.779. The Morgan fingerprint density at radius 1 is 0.612 bits per heavy atom. The van der Waals surface area contributed by atoms with Crippen molar-refractivity contribution >= 4 is 56.9 Å². The molecule has 0 N–H and O–H groups in total. The Morgan fingerprint density at radius 2 is 1.27 bits per heavy atom. The largest absolute Gasteiger partial charge is 0.292 e. The van der Waals surface area contributed by atoms with Crippen molar-refractivity contribution in [1.29, 1.82) is 0 Å². The summed E-state index contributed by atoms with van der Waals surface area (Å²) < 4.78 is 2.34. The van der Waals surface area contributed by atoms with E-state index in [9.17, 15) is 0 Å². The lowest BCUT2D eigenvalue weighted by atomic mass is 9.74. The molecule has 2 atom stereocenters. The lowest BCUT2D eigenvalue weighted by molar-refractivity contribution is 0.394. The number of aromatic nitrogens is 2. The maximum atomic E-state index is 5.17. The van der Waals surface area contributed by atoms with Crippen molar-refractivity contribution in [3.05, 3.63) is 180 Å². The van der Waals surface area contributed by atoms with Crippen LogP contribution in [0.15, 0.2) is 169 Å². The maximum Gasteiger partial charge on any atom is 0.146 e. The minimum Gasteiger partial charge on any atom is -0.292 e. The van der Waals surface area contributed by atoms with Crippen LogP contribution >= 0.6 is 7.92 Å². The van der Waals surface area contributed by atoms with Gasteiger partial charge in [0.05, 0.1) is 16.6 Å². The predicted octanol–water partition coefficient (Wildman–Crippen LogP) is 11.0. The highest BCUT2D eigenvalue weighted by Crippen LogP contribution is 2.57. The van der Waals surface area contributed by atoms with Crippen molar-refractivity contribution in [2.45, 2.75) is 25.2 Å². The normalized spacial score (nSPS) is 18.0. The molecule has 0 aliphatic heterocycles. The average molecular weight is 647 g/mol. The van der Waals surface area contributed by atoms with Gasteiger partial charge in [0.1, 0.15) is 5.65 Å². The molecule has 0 bridgehead atoms. The summed E-state index contributed by atoms with van der Waals surface area (Å²) in [6, 6.07) is 53.5. The number of rotatable bonds is 4. The van der Waals surface area contributed by atoms with Gasteiger partial charge < -0.3 is 0 Å². The van der Waals surface area contributed by atoms with Crippen LogP contribution in [0.3, 0.4) is 0 Å². The number of fused-ring (bicyclic) bond motifs is 11. The first-order chi connectivity index (χ1) is 24.1. The number of hydrogen-bond acceptors (Lipinski definition) is 1. The Morgan fingerprint density at radius 3 is 2.04 bits per heavy atom. The average Bonchev–Trinajstić information content (AvgIpc) is 3.65. The Labute approximate surface area is 287 Å². The topological polar surface area (TPSA) is 17.3 Å². The van der Waals surface area contributed by atoms with E-state index in [2.05, 4.69) is 182 Å². The first kappa shape index (κ1) is 28.7. The number of allylic oxidation sites excluding steroid dienone is 4. The van der Waals surface area contributed by atoms with Gasteiger partial charge in [-0.1, -0.05) is 153 Å². The molecule has 10 rings (SSSR count). The molecule has 8 aromatic rings. The van der Waals surface area contributed by atoms with Gasteiger partial charge in [0.15, 0.2) is 0 Å². The summed E-state index contributed by atoms with van der Waals surface area (Å²) in [5.41, 5.74) is 9.78. The van der Waals surface area contributed by atoms with Gasteiger partial charge in [0, 0.05) is 16.7 Å². The number of hydrogen-bond donors (Lipinski definition) is 0. The van der Waals surface area contributed by atoms with Crippen molar-refractivity contribution < 1.29 is 0 Å². The Hall–Kier alpha value is -5.30. The summed E-state index contributed by atoms with van der Waals surface area (Å²) in [6.45, 7) is 4.90. The van der Waals surface area contributed by atoms with Crippen molar-refractivity contribution in [2.24, 2.45) is 5.92 Å². The van der Waals surface area contributed by atoms with Gasteiger partial charge in [-0.05, 0) is 87.1 Å². The fourth-order valence-electron chi connectivity index (χ4n) is 8.62. The fourth-order valence-corrected chi connectivity index (χ4v) is 11.0. The molecule has 2 heterocycles. The molecule has 0 radical (unpaired) electrons. The molecule has 0 spiro atoms. The third-order valence-electron chi connectivity index (χ3n) is 11.0. The van der Waals surface area contributed by atoms with Crippen LogP contribution in [0, 0.1) is 5.92 Å². The molecule has 3 heteroatoms. The van der Waals surface area contributed by atoms with Gasteiger partial charge in [-0.3, -0.25) is 4.40 Å². The number of pyridine rings is 1. The number of imidazole rings is 1. The predicted molar refractivity (Wildman–Crippen MR) is 209 cm³/mol. The summed E-state index contributed by atoms with van der Waals surface area (Å²) in [7, 11) is -0.639. The van der Waals surface area contributed by atoms with Crippen LogP contribution in [0.5, 0.6) is 0 Å². The van der Waals surface area contributed by atoms with Crippen molar-refractivity contribution in [1.82, 2.24) is 9.38 Å².